The van der Waals surface area contributed by atoms with E-state index in [9.17, 15) is 0 Å². The van der Waals surface area contributed by atoms with Crippen LogP contribution in [0.5, 0.6) is 17.2 Å². The Morgan fingerprint density at radius 1 is 1.12 bits per heavy atom. The van der Waals surface area contributed by atoms with Crippen LogP contribution >= 0.6 is 11.3 Å². The van der Waals surface area contributed by atoms with E-state index >= 15 is 0 Å². The van der Waals surface area contributed by atoms with E-state index in [1.807, 2.05) is 32.0 Å². The van der Waals surface area contributed by atoms with Crippen LogP contribution in [-0.4, -0.2) is 33.3 Å². The largest absolute Gasteiger partial charge is 0.493 e. The van der Waals surface area contributed by atoms with Gasteiger partial charge in [0.05, 0.1) is 33.9 Å². The number of hydrogen-bond donors (Lipinski definition) is 2. The molecular formula is C19H27N3O3S. The molecule has 0 aliphatic rings. The molecule has 2 N–H and O–H groups in total. The maximum Gasteiger partial charge on any atom is 0.203 e. The van der Waals surface area contributed by atoms with Crippen LogP contribution in [0.3, 0.4) is 0 Å². The zero-order chi connectivity index (χ0) is 18.8. The van der Waals surface area contributed by atoms with E-state index < -0.39 is 0 Å². The molecule has 1 aromatic heterocycles. The minimum Gasteiger partial charge on any atom is -0.493 e. The van der Waals surface area contributed by atoms with Gasteiger partial charge in [0.25, 0.3) is 0 Å². The minimum absolute atomic E-state index is 0.499. The lowest BCUT2D eigenvalue weighted by Gasteiger charge is -2.15. The zero-order valence-corrected chi connectivity index (χ0v) is 16.6. The number of rotatable bonds is 9. The number of nitrogens with zero attached hydrogens (tertiary/aromatic N) is 1. The summed E-state index contributed by atoms with van der Waals surface area (Å²) in [7, 11) is 3.24. The highest BCUT2D eigenvalue weighted by molar-refractivity contribution is 7.09. The molecule has 2 aromatic rings. The average molecular weight is 378 g/mol. The lowest BCUT2D eigenvalue weighted by Crippen LogP contribution is -2.36. The molecule has 0 saturated heterocycles. The number of aliphatic imine (C=N–C) groups is 1. The third kappa shape index (κ3) is 5.56. The summed E-state index contributed by atoms with van der Waals surface area (Å²) >= 11 is 1.72. The van der Waals surface area contributed by atoms with Gasteiger partial charge < -0.3 is 24.8 Å². The highest BCUT2D eigenvalue weighted by Gasteiger charge is 2.13. The highest BCUT2D eigenvalue weighted by Crippen LogP contribution is 2.38. The molecule has 1 heterocycles. The van der Waals surface area contributed by atoms with Gasteiger partial charge in [-0.2, -0.15) is 0 Å². The van der Waals surface area contributed by atoms with Crippen molar-refractivity contribution in [2.45, 2.75) is 26.9 Å². The first-order valence-corrected chi connectivity index (χ1v) is 9.52. The average Bonchev–Trinajstić information content (AvgIpc) is 3.18. The second-order valence-electron chi connectivity index (χ2n) is 5.39. The number of methoxy groups -OCH3 is 2. The molecule has 0 unspecified atom stereocenters. The van der Waals surface area contributed by atoms with Crippen LogP contribution in [0.2, 0.25) is 0 Å². The summed E-state index contributed by atoms with van der Waals surface area (Å²) < 4.78 is 16.5. The minimum atomic E-state index is 0.499. The van der Waals surface area contributed by atoms with Crippen molar-refractivity contribution in [2.24, 2.45) is 4.99 Å². The zero-order valence-electron chi connectivity index (χ0n) is 15.8. The molecule has 0 aliphatic carbocycles. The Morgan fingerprint density at radius 2 is 1.85 bits per heavy atom. The summed E-state index contributed by atoms with van der Waals surface area (Å²) in [5.74, 6) is 2.68. The third-order valence-electron chi connectivity index (χ3n) is 3.58. The van der Waals surface area contributed by atoms with Gasteiger partial charge in [0.2, 0.25) is 5.75 Å². The second-order valence-corrected chi connectivity index (χ2v) is 6.42. The first-order chi connectivity index (χ1) is 12.7. The molecule has 1 aromatic carbocycles. The van der Waals surface area contributed by atoms with Crippen LogP contribution in [0.25, 0.3) is 0 Å². The Morgan fingerprint density at radius 3 is 2.38 bits per heavy atom. The summed E-state index contributed by atoms with van der Waals surface area (Å²) in [5.41, 5.74) is 0.982. The summed E-state index contributed by atoms with van der Waals surface area (Å²) in [4.78, 5) is 5.92. The third-order valence-corrected chi connectivity index (χ3v) is 4.46. The van der Waals surface area contributed by atoms with Gasteiger partial charge in [-0.3, -0.25) is 0 Å². The monoisotopic (exact) mass is 377 g/mol. The SMILES string of the molecule is CCNC(=NCc1cc(OC)c(OCC)c(OC)c1)NCc1cccs1. The molecule has 0 saturated carbocycles. The van der Waals surface area contributed by atoms with Gasteiger partial charge in [0.1, 0.15) is 0 Å². The maximum atomic E-state index is 5.64. The first-order valence-electron chi connectivity index (χ1n) is 8.64. The van der Waals surface area contributed by atoms with Crippen LogP contribution in [0, 0.1) is 0 Å². The van der Waals surface area contributed by atoms with Crippen molar-refractivity contribution >= 4 is 17.3 Å². The Balaban J connectivity index is 2.14. The van der Waals surface area contributed by atoms with Crippen molar-refractivity contribution in [1.82, 2.24) is 10.6 Å². The Bertz CT molecular complexity index is 677. The van der Waals surface area contributed by atoms with Crippen molar-refractivity contribution in [3.05, 3.63) is 40.1 Å². The van der Waals surface area contributed by atoms with E-state index in [-0.39, 0.29) is 0 Å². The van der Waals surface area contributed by atoms with Crippen LogP contribution < -0.4 is 24.8 Å². The highest BCUT2D eigenvalue weighted by atomic mass is 32.1. The van der Waals surface area contributed by atoms with E-state index in [0.717, 1.165) is 24.6 Å². The quantitative estimate of drug-likeness (QED) is 0.518. The lowest BCUT2D eigenvalue weighted by molar-refractivity contribution is 0.288. The van der Waals surface area contributed by atoms with Gasteiger partial charge in [-0.15, -0.1) is 11.3 Å². The van der Waals surface area contributed by atoms with E-state index in [0.29, 0.717) is 30.4 Å². The fourth-order valence-electron chi connectivity index (χ4n) is 2.41. The normalized spacial score (nSPS) is 11.2. The predicted molar refractivity (Wildman–Crippen MR) is 107 cm³/mol. The molecule has 26 heavy (non-hydrogen) atoms. The molecule has 0 bridgehead atoms. The van der Waals surface area contributed by atoms with Gasteiger partial charge in [-0.1, -0.05) is 6.07 Å². The molecule has 0 radical (unpaired) electrons. The lowest BCUT2D eigenvalue weighted by atomic mass is 10.2. The van der Waals surface area contributed by atoms with Crippen molar-refractivity contribution < 1.29 is 14.2 Å². The number of hydrogen-bond acceptors (Lipinski definition) is 5. The summed E-state index contributed by atoms with van der Waals surface area (Å²) in [5, 5.41) is 8.67. The number of nitrogens with one attached hydrogen (secondary N) is 2. The van der Waals surface area contributed by atoms with Gasteiger partial charge in [-0.25, -0.2) is 4.99 Å². The van der Waals surface area contributed by atoms with E-state index in [4.69, 9.17) is 14.2 Å². The standard InChI is InChI=1S/C19H27N3O3S/c1-5-20-19(22-13-15-8-7-9-26-15)21-12-14-10-16(23-3)18(25-6-2)17(11-14)24-4/h7-11H,5-6,12-13H2,1-4H3,(H2,20,21,22). The van der Waals surface area contributed by atoms with Gasteiger partial charge >= 0.3 is 0 Å². The molecule has 142 valence electrons. The molecule has 0 atom stereocenters. The molecule has 0 spiro atoms. The molecule has 0 aliphatic heterocycles. The summed E-state index contributed by atoms with van der Waals surface area (Å²) in [6.45, 7) is 6.57. The van der Waals surface area contributed by atoms with Crippen molar-refractivity contribution in [2.75, 3.05) is 27.4 Å². The van der Waals surface area contributed by atoms with Crippen LogP contribution in [0.1, 0.15) is 24.3 Å². The Labute approximate surface area is 159 Å². The molecular weight excluding hydrogens is 350 g/mol. The molecule has 6 nitrogen and oxygen atoms in total. The van der Waals surface area contributed by atoms with Gasteiger partial charge in [0, 0.05) is 11.4 Å². The molecule has 2 rings (SSSR count). The smallest absolute Gasteiger partial charge is 0.203 e. The predicted octanol–water partition coefficient (Wildman–Crippen LogP) is 3.42. The Hall–Kier alpha value is -2.41. The van der Waals surface area contributed by atoms with Crippen molar-refractivity contribution in [3.63, 3.8) is 0 Å². The van der Waals surface area contributed by atoms with Crippen LogP contribution in [-0.2, 0) is 13.1 Å². The van der Waals surface area contributed by atoms with Crippen LogP contribution in [0.4, 0.5) is 0 Å². The van der Waals surface area contributed by atoms with Crippen molar-refractivity contribution in [3.8, 4) is 17.2 Å². The fraction of sp³-hybridized carbons (Fsp3) is 0.421. The summed E-state index contributed by atoms with van der Waals surface area (Å²) in [6, 6.07) is 8.01. The molecule has 0 fully saturated rings. The fourth-order valence-corrected chi connectivity index (χ4v) is 3.05. The van der Waals surface area contributed by atoms with E-state index in [2.05, 4.69) is 27.1 Å². The number of guanidine groups is 1. The van der Waals surface area contributed by atoms with Crippen LogP contribution in [0.15, 0.2) is 34.6 Å². The second kappa shape index (κ2) is 10.6. The number of benzene rings is 1. The van der Waals surface area contributed by atoms with Gasteiger partial charge in [-0.05, 0) is 43.0 Å². The summed E-state index contributed by atoms with van der Waals surface area (Å²) in [6.07, 6.45) is 0. The topological polar surface area (TPSA) is 64.1 Å². The van der Waals surface area contributed by atoms with E-state index in [1.54, 1.807) is 25.6 Å². The number of thiophene rings is 1. The van der Waals surface area contributed by atoms with Gasteiger partial charge in [0.15, 0.2) is 17.5 Å². The maximum absolute atomic E-state index is 5.64. The van der Waals surface area contributed by atoms with E-state index in [1.165, 1.54) is 4.88 Å². The number of ether oxygens (including phenoxy) is 3. The Kier molecular flexibility index (Phi) is 8.08. The molecule has 0 amide bonds. The first kappa shape index (κ1) is 19.9. The van der Waals surface area contributed by atoms with Crippen molar-refractivity contribution in [1.29, 1.82) is 0 Å². The molecule has 7 heteroatoms.